The lowest BCUT2D eigenvalue weighted by Crippen LogP contribution is -2.35. The molecule has 0 spiro atoms. The maximum atomic E-state index is 9.30. The van der Waals surface area contributed by atoms with Gasteiger partial charge in [-0.15, -0.1) is 0 Å². The first-order valence-electron chi connectivity index (χ1n) is 5.37. The minimum absolute atomic E-state index is 0.0372. The normalized spacial score (nSPS) is 39.0. The highest BCUT2D eigenvalue weighted by Crippen LogP contribution is 2.19. The molecule has 3 heteroatoms. The van der Waals surface area contributed by atoms with Crippen LogP contribution in [-0.4, -0.2) is 36.5 Å². The Bertz CT molecular complexity index is 151. The van der Waals surface area contributed by atoms with Gasteiger partial charge in [-0.3, -0.25) is 0 Å². The van der Waals surface area contributed by atoms with Gasteiger partial charge in [-0.1, -0.05) is 0 Å². The van der Waals surface area contributed by atoms with E-state index < -0.39 is 0 Å². The molecule has 1 atom stereocenters. The molecule has 0 amide bonds. The van der Waals surface area contributed by atoms with Crippen LogP contribution in [0.2, 0.25) is 0 Å². The minimum atomic E-state index is -0.0372. The Kier molecular flexibility index (Phi) is 3.19. The zero-order valence-electron chi connectivity index (χ0n) is 8.04. The molecular weight excluding hydrogens is 166 g/mol. The van der Waals surface area contributed by atoms with Crippen LogP contribution in [0, 0.1) is 0 Å². The van der Waals surface area contributed by atoms with Gasteiger partial charge in [-0.25, -0.2) is 0 Å². The van der Waals surface area contributed by atoms with Crippen LogP contribution in [0.3, 0.4) is 0 Å². The molecule has 3 nitrogen and oxygen atoms in total. The highest BCUT2D eigenvalue weighted by atomic mass is 16.6. The van der Waals surface area contributed by atoms with E-state index >= 15 is 0 Å². The molecule has 2 rings (SSSR count). The Morgan fingerprint density at radius 2 is 1.92 bits per heavy atom. The molecule has 0 aromatic heterocycles. The van der Waals surface area contributed by atoms with E-state index in [1.54, 1.807) is 0 Å². The van der Waals surface area contributed by atoms with Gasteiger partial charge in [0, 0.05) is 6.04 Å². The van der Waals surface area contributed by atoms with Gasteiger partial charge in [0.05, 0.1) is 18.8 Å². The van der Waals surface area contributed by atoms with Gasteiger partial charge in [0.15, 0.2) is 0 Å². The van der Waals surface area contributed by atoms with Gasteiger partial charge in [-0.05, 0) is 38.6 Å². The van der Waals surface area contributed by atoms with Crippen LogP contribution in [-0.2, 0) is 4.74 Å². The Balaban J connectivity index is 1.53. The average molecular weight is 185 g/mol. The first-order chi connectivity index (χ1) is 6.34. The van der Waals surface area contributed by atoms with Gasteiger partial charge < -0.3 is 15.2 Å². The van der Waals surface area contributed by atoms with Crippen LogP contribution < -0.4 is 5.32 Å². The molecule has 1 saturated heterocycles. The van der Waals surface area contributed by atoms with Crippen molar-refractivity contribution in [3.8, 4) is 0 Å². The molecule has 1 saturated carbocycles. The van der Waals surface area contributed by atoms with E-state index in [0.717, 1.165) is 45.3 Å². The van der Waals surface area contributed by atoms with Crippen molar-refractivity contribution in [2.45, 2.75) is 50.4 Å². The van der Waals surface area contributed by atoms with Gasteiger partial charge in [0.2, 0.25) is 0 Å². The summed E-state index contributed by atoms with van der Waals surface area (Å²) in [6.07, 6.45) is 5.86. The van der Waals surface area contributed by atoms with Crippen molar-refractivity contribution in [3.05, 3.63) is 0 Å². The predicted octanol–water partition coefficient (Wildman–Crippen LogP) is 0.668. The Labute approximate surface area is 79.5 Å². The van der Waals surface area contributed by atoms with Crippen molar-refractivity contribution in [2.24, 2.45) is 0 Å². The molecular formula is C10H19NO2. The number of nitrogens with one attached hydrogen (secondary N) is 1. The molecule has 2 aliphatic rings. The predicted molar refractivity (Wildman–Crippen MR) is 50.6 cm³/mol. The number of rotatable bonds is 4. The monoisotopic (exact) mass is 185 g/mol. The summed E-state index contributed by atoms with van der Waals surface area (Å²) in [7, 11) is 0. The third-order valence-electron chi connectivity index (χ3n) is 3.00. The summed E-state index contributed by atoms with van der Waals surface area (Å²) in [5, 5.41) is 12.8. The number of aliphatic hydroxyl groups excluding tert-OH is 1. The summed E-state index contributed by atoms with van der Waals surface area (Å²) in [6.45, 7) is 2.04. The highest BCUT2D eigenvalue weighted by Gasteiger charge is 2.23. The van der Waals surface area contributed by atoms with Crippen molar-refractivity contribution < 1.29 is 9.84 Å². The van der Waals surface area contributed by atoms with Gasteiger partial charge in [0.1, 0.15) is 0 Å². The molecule has 2 fully saturated rings. The number of ether oxygens (including phenoxy) is 1. The number of hydrogen-bond donors (Lipinski definition) is 2. The molecule has 1 unspecified atom stereocenters. The van der Waals surface area contributed by atoms with Crippen molar-refractivity contribution in [3.63, 3.8) is 0 Å². The fourth-order valence-corrected chi connectivity index (χ4v) is 1.96. The standard InChI is InChI=1S/C10H19NO2/c12-9-3-1-8(2-4-9)11-6-5-10-7-13-10/h8-12H,1-7H2. The van der Waals surface area contributed by atoms with Gasteiger partial charge in [-0.2, -0.15) is 0 Å². The summed E-state index contributed by atoms with van der Waals surface area (Å²) < 4.78 is 5.13. The van der Waals surface area contributed by atoms with E-state index in [1.165, 1.54) is 0 Å². The van der Waals surface area contributed by atoms with Crippen LogP contribution >= 0.6 is 0 Å². The second kappa shape index (κ2) is 4.40. The van der Waals surface area contributed by atoms with Crippen LogP contribution in [0.15, 0.2) is 0 Å². The van der Waals surface area contributed by atoms with Crippen LogP contribution in [0.25, 0.3) is 0 Å². The fraction of sp³-hybridized carbons (Fsp3) is 1.00. The minimum Gasteiger partial charge on any atom is -0.393 e. The SMILES string of the molecule is OC1CCC(NCCC2CO2)CC1. The molecule has 1 heterocycles. The zero-order valence-corrected chi connectivity index (χ0v) is 8.04. The van der Waals surface area contributed by atoms with Crippen LogP contribution in [0.4, 0.5) is 0 Å². The second-order valence-electron chi connectivity index (χ2n) is 4.20. The lowest BCUT2D eigenvalue weighted by atomic mass is 9.93. The topological polar surface area (TPSA) is 44.8 Å². The van der Waals surface area contributed by atoms with E-state index in [2.05, 4.69) is 5.32 Å². The first kappa shape index (κ1) is 9.44. The lowest BCUT2D eigenvalue weighted by Gasteiger charge is -2.26. The zero-order chi connectivity index (χ0) is 9.10. The summed E-state index contributed by atoms with van der Waals surface area (Å²) in [4.78, 5) is 0. The van der Waals surface area contributed by atoms with E-state index in [9.17, 15) is 5.11 Å². The Morgan fingerprint density at radius 3 is 2.54 bits per heavy atom. The fourth-order valence-electron chi connectivity index (χ4n) is 1.96. The maximum Gasteiger partial charge on any atom is 0.0822 e. The molecule has 1 aliphatic heterocycles. The molecule has 76 valence electrons. The number of epoxide rings is 1. The second-order valence-corrected chi connectivity index (χ2v) is 4.20. The summed E-state index contributed by atoms with van der Waals surface area (Å²) in [5.41, 5.74) is 0. The van der Waals surface area contributed by atoms with Crippen molar-refractivity contribution in [2.75, 3.05) is 13.2 Å². The van der Waals surface area contributed by atoms with E-state index in [4.69, 9.17) is 4.74 Å². The van der Waals surface area contributed by atoms with Gasteiger partial charge in [0.25, 0.3) is 0 Å². The largest absolute Gasteiger partial charge is 0.393 e. The van der Waals surface area contributed by atoms with Crippen molar-refractivity contribution in [1.82, 2.24) is 5.32 Å². The summed E-state index contributed by atoms with van der Waals surface area (Å²) in [6, 6.07) is 0.641. The molecule has 0 aromatic rings. The van der Waals surface area contributed by atoms with E-state index in [1.807, 2.05) is 0 Å². The van der Waals surface area contributed by atoms with Crippen LogP contribution in [0.1, 0.15) is 32.1 Å². The lowest BCUT2D eigenvalue weighted by molar-refractivity contribution is 0.116. The van der Waals surface area contributed by atoms with E-state index in [0.29, 0.717) is 12.1 Å². The van der Waals surface area contributed by atoms with Crippen molar-refractivity contribution >= 4 is 0 Å². The van der Waals surface area contributed by atoms with Crippen molar-refractivity contribution in [1.29, 1.82) is 0 Å². The molecule has 13 heavy (non-hydrogen) atoms. The maximum absolute atomic E-state index is 9.30. The Morgan fingerprint density at radius 1 is 1.23 bits per heavy atom. The first-order valence-corrected chi connectivity index (χ1v) is 5.37. The van der Waals surface area contributed by atoms with Gasteiger partial charge >= 0.3 is 0 Å². The average Bonchev–Trinajstić information content (AvgIpc) is 2.92. The quantitative estimate of drug-likeness (QED) is 0.633. The Hall–Kier alpha value is -0.120. The number of aliphatic hydroxyl groups is 1. The molecule has 1 aliphatic carbocycles. The van der Waals surface area contributed by atoms with Crippen LogP contribution in [0.5, 0.6) is 0 Å². The van der Waals surface area contributed by atoms with E-state index in [-0.39, 0.29) is 6.10 Å². The summed E-state index contributed by atoms with van der Waals surface area (Å²) in [5.74, 6) is 0. The summed E-state index contributed by atoms with van der Waals surface area (Å²) >= 11 is 0. The third-order valence-corrected chi connectivity index (χ3v) is 3.00. The molecule has 0 aromatic carbocycles. The smallest absolute Gasteiger partial charge is 0.0822 e. The third kappa shape index (κ3) is 3.25. The number of hydrogen-bond acceptors (Lipinski definition) is 3. The molecule has 0 radical (unpaired) electrons. The highest BCUT2D eigenvalue weighted by molar-refractivity contribution is 4.78. The molecule has 2 N–H and O–H groups in total. The molecule has 0 bridgehead atoms.